The minimum atomic E-state index is -2.41. The molecule has 1 saturated carbocycles. The van der Waals surface area contributed by atoms with E-state index < -0.39 is 84.0 Å². The molecule has 1 aliphatic carbocycles. The lowest BCUT2D eigenvalue weighted by Gasteiger charge is -2.42. The quantitative estimate of drug-likeness (QED) is 0.0233. The van der Waals surface area contributed by atoms with Gasteiger partial charge in [0, 0.05) is 71.4 Å². The number of aliphatic hydroxyl groups is 4. The van der Waals surface area contributed by atoms with E-state index in [2.05, 4.69) is 25.8 Å². The Morgan fingerprint density at radius 2 is 1.66 bits per heavy atom. The summed E-state index contributed by atoms with van der Waals surface area (Å²) in [5.74, 6) is -6.01. The summed E-state index contributed by atoms with van der Waals surface area (Å²) >= 11 is 0. The van der Waals surface area contributed by atoms with Crippen LogP contribution in [0, 0.1) is 29.6 Å². The Morgan fingerprint density at radius 1 is 0.955 bits per heavy atom. The number of carbonyl (C=O) groups excluding carboxylic acids is 3. The lowest BCUT2D eigenvalue weighted by molar-refractivity contribution is -0.265. The molecule has 6 N–H and O–H groups in total. The van der Waals surface area contributed by atoms with Crippen LogP contribution in [0.25, 0.3) is 0 Å². The van der Waals surface area contributed by atoms with Gasteiger partial charge >= 0.3 is 5.97 Å². The number of hydrogen-bond donors (Lipinski definition) is 5. The van der Waals surface area contributed by atoms with Crippen molar-refractivity contribution >= 4 is 23.4 Å². The monoisotopic (exact) mass is 948 g/mol. The third-order valence-corrected chi connectivity index (χ3v) is 14.5. The number of rotatable bonds is 25. The average molecular weight is 948 g/mol. The van der Waals surface area contributed by atoms with Crippen LogP contribution in [0.4, 0.5) is 0 Å². The molecule has 0 spiro atoms. The van der Waals surface area contributed by atoms with E-state index >= 15 is 0 Å². The smallest absolute Gasteiger partial charge is 0.329 e. The predicted octanol–water partition coefficient (Wildman–Crippen LogP) is 6.03. The number of allylic oxidation sites excluding steroid dienone is 3. The molecule has 15 nitrogen and oxygen atoms in total. The molecule has 3 fully saturated rings. The van der Waals surface area contributed by atoms with Crippen molar-refractivity contribution in [2.45, 2.75) is 206 Å². The fraction of sp³-hybridized carbons (Fsp3) is 0.808. The first-order chi connectivity index (χ1) is 31.7. The number of esters is 1. The summed E-state index contributed by atoms with van der Waals surface area (Å²) in [6.45, 7) is 15.7. The molecule has 0 bridgehead atoms. The van der Waals surface area contributed by atoms with Crippen molar-refractivity contribution < 1.29 is 58.5 Å². The van der Waals surface area contributed by atoms with Gasteiger partial charge in [-0.2, -0.15) is 0 Å². The number of Topliss-reactive ketones (excluding diaryl/α,β-unsaturated/α-hetero) is 1. The van der Waals surface area contributed by atoms with Gasteiger partial charge in [-0.3, -0.25) is 14.6 Å². The van der Waals surface area contributed by atoms with Crippen LogP contribution in [0.2, 0.25) is 0 Å². The van der Waals surface area contributed by atoms with Crippen LogP contribution in [-0.2, 0) is 38.1 Å². The van der Waals surface area contributed by atoms with Crippen molar-refractivity contribution in [3.63, 3.8) is 0 Å². The van der Waals surface area contributed by atoms with E-state index in [1.165, 1.54) is 4.90 Å². The van der Waals surface area contributed by atoms with Gasteiger partial charge in [-0.05, 0) is 113 Å². The highest BCUT2D eigenvalue weighted by Crippen LogP contribution is 2.37. The Labute approximate surface area is 401 Å². The highest BCUT2D eigenvalue weighted by Gasteiger charge is 2.53. The molecule has 3 rings (SSSR count). The van der Waals surface area contributed by atoms with Crippen molar-refractivity contribution in [3.8, 4) is 0 Å². The maximum atomic E-state index is 14.4. The van der Waals surface area contributed by atoms with Gasteiger partial charge in [0.2, 0.25) is 5.79 Å². The van der Waals surface area contributed by atoms with Crippen molar-refractivity contribution in [2.75, 3.05) is 34.9 Å². The Bertz CT molecular complexity index is 1680. The van der Waals surface area contributed by atoms with E-state index in [9.17, 15) is 34.8 Å². The minimum Gasteiger partial charge on any atom is -0.459 e. The molecule has 67 heavy (non-hydrogen) atoms. The van der Waals surface area contributed by atoms with Crippen molar-refractivity contribution in [1.82, 2.24) is 4.90 Å². The maximum absolute atomic E-state index is 14.4. The van der Waals surface area contributed by atoms with Gasteiger partial charge in [0.1, 0.15) is 24.4 Å². The molecule has 0 unspecified atom stereocenters. The number of ketones is 1. The van der Waals surface area contributed by atoms with Crippen LogP contribution in [0.5, 0.6) is 0 Å². The number of methoxy groups -OCH3 is 3. The number of nitrogens with zero attached hydrogens (tertiary/aromatic N) is 2. The first-order valence-corrected chi connectivity index (χ1v) is 25.0. The zero-order valence-electron chi connectivity index (χ0n) is 42.9. The molecule has 15 atom stereocenters. The zero-order chi connectivity index (χ0) is 50.2. The number of piperidine rings is 1. The summed E-state index contributed by atoms with van der Waals surface area (Å²) < 4.78 is 29.5. The van der Waals surface area contributed by atoms with Gasteiger partial charge in [0.25, 0.3) is 11.7 Å². The molecule has 0 aromatic rings. The third-order valence-electron chi connectivity index (χ3n) is 14.5. The molecule has 0 aromatic heterocycles. The van der Waals surface area contributed by atoms with E-state index in [0.29, 0.717) is 69.3 Å². The molecule has 0 aromatic carbocycles. The van der Waals surface area contributed by atoms with Crippen LogP contribution in [0.1, 0.15) is 139 Å². The highest BCUT2D eigenvalue weighted by atomic mass is 16.6. The number of aliphatic imine (C=N–C) groups is 1. The second-order valence-electron chi connectivity index (χ2n) is 20.2. The molecule has 2 aliphatic heterocycles. The largest absolute Gasteiger partial charge is 0.459 e. The molecule has 1 amide bonds. The van der Waals surface area contributed by atoms with Crippen LogP contribution in [0.15, 0.2) is 40.4 Å². The second kappa shape index (κ2) is 28.1. The van der Waals surface area contributed by atoms with Crippen LogP contribution >= 0.6 is 0 Å². The summed E-state index contributed by atoms with van der Waals surface area (Å²) in [5, 5.41) is 45.7. The summed E-state index contributed by atoms with van der Waals surface area (Å²) in [4.78, 5) is 48.6. The summed E-state index contributed by atoms with van der Waals surface area (Å²) in [7, 11) is 6.40. The van der Waals surface area contributed by atoms with Gasteiger partial charge in [0.15, 0.2) is 0 Å². The van der Waals surface area contributed by atoms with E-state index in [1.54, 1.807) is 48.3 Å². The zero-order valence-corrected chi connectivity index (χ0v) is 42.9. The topological polar surface area (TPSA) is 220 Å². The van der Waals surface area contributed by atoms with E-state index in [-0.39, 0.29) is 43.4 Å². The SMILES string of the molecule is CC/C=C/C=C(\C)[C@H](C[C@@H]1CC[C@@H](C)[C@](O)(C(=O)C(=O)N2CCCC[C@H]2C(=O)O[C@@H](C[C@@H](O)[C@H](C)/C=C(\C)[C@@H](O)[C@@H](OC)C(=NC)[C@H](C)CC(C)C)[C@H](N)C[C@@H]2CC[C@@H](O)[C@H](OC)C2)O1)OC. The molecule has 0 radical (unpaired) electrons. The van der Waals surface area contributed by atoms with Gasteiger partial charge in [0.05, 0.1) is 30.5 Å². The van der Waals surface area contributed by atoms with Crippen molar-refractivity contribution in [1.29, 1.82) is 0 Å². The maximum Gasteiger partial charge on any atom is 0.329 e. The van der Waals surface area contributed by atoms with Gasteiger partial charge < -0.3 is 54.7 Å². The summed E-state index contributed by atoms with van der Waals surface area (Å²) in [6, 6.07) is -1.89. The van der Waals surface area contributed by atoms with Gasteiger partial charge in [-0.15, -0.1) is 0 Å². The molecule has 384 valence electrons. The van der Waals surface area contributed by atoms with Crippen LogP contribution in [-0.4, -0.2) is 150 Å². The number of aliphatic hydroxyl groups excluding tert-OH is 3. The fourth-order valence-electron chi connectivity index (χ4n) is 10.3. The molecule has 3 aliphatic rings. The number of likely N-dealkylation sites (tertiary alicyclic amines) is 1. The van der Waals surface area contributed by atoms with E-state index in [0.717, 1.165) is 24.1 Å². The Kier molecular flexibility index (Phi) is 24.5. The lowest BCUT2D eigenvalue weighted by atomic mass is 9.80. The molecular formula is C52H89N3O12. The number of amides is 1. The molecule has 2 heterocycles. The van der Waals surface area contributed by atoms with Crippen molar-refractivity contribution in [2.24, 2.45) is 40.3 Å². The standard InChI is InChI=1S/C52H89N3O12/c1-13-14-15-18-32(4)43(63-10)29-38-22-20-36(8)52(62,67-38)49(59)50(60)55-24-17-16-19-40(55)51(61)66-44(39(53)27-37-21-23-41(56)45(28-37)64-11)30-42(57)33(5)26-35(7)47(58)48(65-12)46(54-9)34(6)25-31(2)3/h14-15,18,26,31,33-34,36-45,47-48,56-58,62H,13,16-17,19-25,27-30,53H2,1-12H3/b15-14+,32-18+,35-26+,54-46?/t33-,34-,36-,37+,38+,39-,40+,41-,42-,43+,44+,45-,47-,48+,52-/m1/s1. The first-order valence-electron chi connectivity index (χ1n) is 25.0. The summed E-state index contributed by atoms with van der Waals surface area (Å²) in [5.41, 5.74) is 9.20. The molecule has 15 heteroatoms. The second-order valence-corrected chi connectivity index (χ2v) is 20.2. The fourth-order valence-corrected chi connectivity index (χ4v) is 10.3. The Balaban J connectivity index is 1.87. The van der Waals surface area contributed by atoms with Crippen molar-refractivity contribution in [3.05, 3.63) is 35.5 Å². The Hall–Kier alpha value is -2.86. The van der Waals surface area contributed by atoms with E-state index in [4.69, 9.17) is 29.4 Å². The Morgan fingerprint density at radius 3 is 2.27 bits per heavy atom. The third kappa shape index (κ3) is 16.4. The van der Waals surface area contributed by atoms with Crippen LogP contribution in [0.3, 0.4) is 0 Å². The predicted molar refractivity (Wildman–Crippen MR) is 260 cm³/mol. The van der Waals surface area contributed by atoms with Gasteiger partial charge in [-0.1, -0.05) is 65.8 Å². The van der Waals surface area contributed by atoms with E-state index in [1.807, 2.05) is 39.0 Å². The number of nitrogens with two attached hydrogens (primary N) is 1. The number of carbonyl (C=O) groups is 3. The number of ether oxygens (including phenoxy) is 5. The first kappa shape index (κ1) is 58.5. The highest BCUT2D eigenvalue weighted by molar-refractivity contribution is 6.39. The molecular weight excluding hydrogens is 859 g/mol. The lowest BCUT2D eigenvalue weighted by Crippen LogP contribution is -2.61. The minimum absolute atomic E-state index is 0.0410. The molecule has 2 saturated heterocycles. The van der Waals surface area contributed by atoms with Crippen LogP contribution < -0.4 is 5.73 Å². The summed E-state index contributed by atoms with van der Waals surface area (Å²) in [6.07, 6.45) is 8.61. The number of hydrogen-bond acceptors (Lipinski definition) is 14. The average Bonchev–Trinajstić information content (AvgIpc) is 3.30. The normalized spacial score (nSPS) is 29.5. The van der Waals surface area contributed by atoms with Gasteiger partial charge in [-0.25, -0.2) is 4.79 Å².